The molecule has 0 aromatic heterocycles. The summed E-state index contributed by atoms with van der Waals surface area (Å²) >= 11 is 0. The van der Waals surface area contributed by atoms with Crippen LogP contribution in [-0.2, 0) is 21.1 Å². The van der Waals surface area contributed by atoms with Gasteiger partial charge in [0.2, 0.25) is 11.7 Å². The molecule has 0 bridgehead atoms. The van der Waals surface area contributed by atoms with Gasteiger partial charge in [-0.25, -0.2) is 8.42 Å². The molecule has 34 heavy (non-hydrogen) atoms. The second-order valence-electron chi connectivity index (χ2n) is 8.22. The van der Waals surface area contributed by atoms with Crippen LogP contribution < -0.4 is 24.4 Å². The molecular formula is C25H34N2O6S. The molecule has 0 atom stereocenters. The van der Waals surface area contributed by atoms with Gasteiger partial charge in [0.15, 0.2) is 21.3 Å². The molecule has 1 aliphatic heterocycles. The van der Waals surface area contributed by atoms with Crippen molar-refractivity contribution in [3.8, 4) is 17.2 Å². The Labute approximate surface area is 202 Å². The summed E-state index contributed by atoms with van der Waals surface area (Å²) < 4.78 is 40.2. The molecule has 2 aromatic carbocycles. The van der Waals surface area contributed by atoms with Crippen molar-refractivity contribution < 1.29 is 27.4 Å². The first-order valence-electron chi connectivity index (χ1n) is 11.5. The lowest BCUT2D eigenvalue weighted by Crippen LogP contribution is -2.44. The van der Waals surface area contributed by atoms with E-state index in [1.165, 1.54) is 0 Å². The Balaban J connectivity index is 1.51. The van der Waals surface area contributed by atoms with Crippen LogP contribution in [0.2, 0.25) is 0 Å². The minimum atomic E-state index is -3.19. The number of hydrogen-bond acceptors (Lipinski definition) is 7. The summed E-state index contributed by atoms with van der Waals surface area (Å²) in [5.74, 6) is 1.79. The Hall–Kier alpha value is -2.94. The van der Waals surface area contributed by atoms with Crippen molar-refractivity contribution in [1.29, 1.82) is 0 Å². The van der Waals surface area contributed by atoms with Crippen molar-refractivity contribution in [3.63, 3.8) is 0 Å². The fourth-order valence-corrected chi connectivity index (χ4v) is 5.11. The van der Waals surface area contributed by atoms with Crippen LogP contribution in [-0.4, -0.2) is 60.5 Å². The summed E-state index contributed by atoms with van der Waals surface area (Å²) in [6.07, 6.45) is 2.54. The van der Waals surface area contributed by atoms with Gasteiger partial charge in [-0.3, -0.25) is 4.79 Å². The summed E-state index contributed by atoms with van der Waals surface area (Å²) in [7, 11) is 1.51. The Kier molecular flexibility index (Phi) is 8.66. The van der Waals surface area contributed by atoms with E-state index in [1.807, 2.05) is 24.3 Å². The molecule has 8 nitrogen and oxygen atoms in total. The first-order valence-corrected chi connectivity index (χ1v) is 13.1. The number of hydrogen-bond donors (Lipinski definition) is 1. The average molecular weight is 491 g/mol. The van der Waals surface area contributed by atoms with Gasteiger partial charge in [0.1, 0.15) is 0 Å². The zero-order chi connectivity index (χ0) is 24.7. The summed E-state index contributed by atoms with van der Waals surface area (Å²) in [6.45, 7) is 3.25. The highest BCUT2D eigenvalue weighted by molar-refractivity contribution is 7.91. The van der Waals surface area contributed by atoms with Gasteiger partial charge in [0, 0.05) is 31.2 Å². The molecule has 1 amide bonds. The van der Waals surface area contributed by atoms with Crippen molar-refractivity contribution in [2.24, 2.45) is 0 Å². The second kappa shape index (κ2) is 11.5. The van der Waals surface area contributed by atoms with Gasteiger partial charge in [0.05, 0.1) is 32.0 Å². The van der Waals surface area contributed by atoms with Crippen LogP contribution in [0, 0.1) is 0 Å². The number of rotatable bonds is 10. The largest absolute Gasteiger partial charge is 0.493 e. The highest BCUT2D eigenvalue weighted by atomic mass is 32.2. The van der Waals surface area contributed by atoms with Gasteiger partial charge in [-0.1, -0.05) is 13.0 Å². The lowest BCUT2D eigenvalue weighted by molar-refractivity contribution is -0.121. The van der Waals surface area contributed by atoms with Crippen LogP contribution in [0.5, 0.6) is 17.2 Å². The molecule has 0 spiro atoms. The average Bonchev–Trinajstić information content (AvgIpc) is 2.87. The molecule has 3 rings (SSSR count). The van der Waals surface area contributed by atoms with Gasteiger partial charge in [-0.2, -0.15) is 0 Å². The number of sulfone groups is 1. The van der Waals surface area contributed by atoms with Gasteiger partial charge in [0.25, 0.3) is 0 Å². The van der Waals surface area contributed by atoms with E-state index in [2.05, 4.69) is 10.2 Å². The van der Waals surface area contributed by atoms with Crippen LogP contribution in [0.15, 0.2) is 41.3 Å². The topological polar surface area (TPSA) is 94.2 Å². The number of nitrogens with one attached hydrogen (secondary N) is 1. The Morgan fingerprint density at radius 3 is 2.18 bits per heavy atom. The monoisotopic (exact) mass is 490 g/mol. The third kappa shape index (κ3) is 5.94. The Morgan fingerprint density at radius 2 is 1.62 bits per heavy atom. The van der Waals surface area contributed by atoms with Crippen molar-refractivity contribution >= 4 is 21.4 Å². The Morgan fingerprint density at radius 1 is 0.971 bits per heavy atom. The minimum absolute atomic E-state index is 0.00409. The zero-order valence-electron chi connectivity index (χ0n) is 20.3. The maximum atomic E-state index is 12.6. The van der Waals surface area contributed by atoms with E-state index >= 15 is 0 Å². The lowest BCUT2D eigenvalue weighted by Gasteiger charge is -2.34. The summed E-state index contributed by atoms with van der Waals surface area (Å²) in [5, 5.41) is 3.14. The SMILES string of the molecule is CCS(=O)(=O)c1ccc(N2CCC(NC(=O)CCc3ccc(OC)c(OC)c3OC)CC2)cc1. The standard InChI is InChI=1S/C25H34N2O6S/c1-5-34(29,30)21-10-8-20(9-11-21)27-16-14-19(15-17-27)26-23(28)13-7-18-6-12-22(31-2)25(33-4)24(18)32-3/h6,8-12,19H,5,7,13-17H2,1-4H3,(H,26,28). The van der Waals surface area contributed by atoms with Crippen molar-refractivity contribution in [2.45, 2.75) is 43.5 Å². The number of anilines is 1. The lowest BCUT2D eigenvalue weighted by atomic mass is 10.0. The molecule has 1 saturated heterocycles. The van der Waals surface area contributed by atoms with Crippen molar-refractivity contribution in [1.82, 2.24) is 5.32 Å². The van der Waals surface area contributed by atoms with Crippen molar-refractivity contribution in [2.75, 3.05) is 45.1 Å². The van der Waals surface area contributed by atoms with Crippen molar-refractivity contribution in [3.05, 3.63) is 42.0 Å². The molecule has 186 valence electrons. The Bertz CT molecular complexity index is 1080. The smallest absolute Gasteiger partial charge is 0.220 e. The number of ether oxygens (including phenoxy) is 3. The molecule has 1 heterocycles. The maximum absolute atomic E-state index is 12.6. The molecule has 1 fully saturated rings. The van der Waals surface area contributed by atoms with Crippen LogP contribution in [0.3, 0.4) is 0 Å². The maximum Gasteiger partial charge on any atom is 0.220 e. The highest BCUT2D eigenvalue weighted by Gasteiger charge is 2.22. The number of carbonyl (C=O) groups is 1. The van der Waals surface area contributed by atoms with E-state index in [-0.39, 0.29) is 17.7 Å². The number of nitrogens with zero attached hydrogens (tertiary/aromatic N) is 1. The van der Waals surface area contributed by atoms with Crippen LogP contribution >= 0.6 is 0 Å². The van der Waals surface area contributed by atoms with E-state index < -0.39 is 9.84 Å². The number of aryl methyl sites for hydroxylation is 1. The third-order valence-electron chi connectivity index (χ3n) is 6.21. The molecule has 9 heteroatoms. The predicted octanol–water partition coefficient (Wildman–Crippen LogP) is 3.22. The van der Waals surface area contributed by atoms with Gasteiger partial charge in [-0.05, 0) is 55.2 Å². The van der Waals surface area contributed by atoms with Crippen LogP contribution in [0.25, 0.3) is 0 Å². The number of piperidine rings is 1. The normalized spacial score (nSPS) is 14.5. The number of amides is 1. The fraction of sp³-hybridized carbons (Fsp3) is 0.480. The number of carbonyl (C=O) groups excluding carboxylic acids is 1. The summed E-state index contributed by atoms with van der Waals surface area (Å²) in [4.78, 5) is 15.2. The van der Waals surface area contributed by atoms with Gasteiger partial charge >= 0.3 is 0 Å². The van der Waals surface area contributed by atoms with E-state index in [0.717, 1.165) is 37.2 Å². The highest BCUT2D eigenvalue weighted by Crippen LogP contribution is 2.40. The summed E-state index contributed by atoms with van der Waals surface area (Å²) in [5.41, 5.74) is 1.89. The van der Waals surface area contributed by atoms with Gasteiger partial charge < -0.3 is 24.4 Å². The molecule has 2 aromatic rings. The summed E-state index contributed by atoms with van der Waals surface area (Å²) in [6, 6.07) is 10.9. The molecule has 0 radical (unpaired) electrons. The molecule has 1 N–H and O–H groups in total. The van der Waals surface area contributed by atoms with E-state index in [9.17, 15) is 13.2 Å². The molecule has 0 saturated carbocycles. The number of benzene rings is 2. The van der Waals surface area contributed by atoms with E-state index in [0.29, 0.717) is 35.0 Å². The molecule has 0 unspecified atom stereocenters. The molecule has 1 aliphatic rings. The second-order valence-corrected chi connectivity index (χ2v) is 10.5. The third-order valence-corrected chi connectivity index (χ3v) is 7.96. The van der Waals surface area contributed by atoms with Crippen LogP contribution in [0.4, 0.5) is 5.69 Å². The first-order chi connectivity index (χ1) is 16.3. The quantitative estimate of drug-likeness (QED) is 0.546. The molecule has 0 aliphatic carbocycles. The molecular weight excluding hydrogens is 456 g/mol. The minimum Gasteiger partial charge on any atom is -0.493 e. The van der Waals surface area contributed by atoms with Crippen LogP contribution in [0.1, 0.15) is 31.7 Å². The number of methoxy groups -OCH3 is 3. The fourth-order valence-electron chi connectivity index (χ4n) is 4.22. The first kappa shape index (κ1) is 25.7. The zero-order valence-corrected chi connectivity index (χ0v) is 21.1. The van der Waals surface area contributed by atoms with E-state index in [4.69, 9.17) is 14.2 Å². The van der Waals surface area contributed by atoms with Gasteiger partial charge in [-0.15, -0.1) is 0 Å². The predicted molar refractivity (Wildman–Crippen MR) is 132 cm³/mol. The van der Waals surface area contributed by atoms with E-state index in [1.54, 1.807) is 40.4 Å².